The van der Waals surface area contributed by atoms with E-state index in [-0.39, 0.29) is 17.9 Å². The van der Waals surface area contributed by atoms with E-state index in [0.29, 0.717) is 13.0 Å². The number of nitrogens with two attached hydrogens (primary N) is 1. The zero-order valence-corrected chi connectivity index (χ0v) is 9.69. The Morgan fingerprint density at radius 1 is 1.56 bits per heavy atom. The van der Waals surface area contributed by atoms with Gasteiger partial charge in [-0.15, -0.1) is 6.58 Å². The average Bonchev–Trinajstić information content (AvgIpc) is 2.28. The SMILES string of the molecule is C=CCC(N)C(=O)NCC1CCCCC1O. The maximum atomic E-state index is 11.5. The number of carbonyl (C=O) groups is 1. The van der Waals surface area contributed by atoms with Crippen molar-refractivity contribution in [2.75, 3.05) is 6.54 Å². The maximum Gasteiger partial charge on any atom is 0.237 e. The van der Waals surface area contributed by atoms with Crippen molar-refractivity contribution in [2.24, 2.45) is 11.7 Å². The predicted octanol–water partition coefficient (Wildman–Crippen LogP) is 0.557. The van der Waals surface area contributed by atoms with Gasteiger partial charge in [0, 0.05) is 12.5 Å². The summed E-state index contributed by atoms with van der Waals surface area (Å²) in [6.07, 6.45) is 5.90. The Morgan fingerprint density at radius 2 is 2.25 bits per heavy atom. The third-order valence-corrected chi connectivity index (χ3v) is 3.16. The van der Waals surface area contributed by atoms with Gasteiger partial charge < -0.3 is 16.2 Å². The minimum Gasteiger partial charge on any atom is -0.393 e. The normalized spacial score (nSPS) is 27.1. The van der Waals surface area contributed by atoms with Gasteiger partial charge >= 0.3 is 0 Å². The van der Waals surface area contributed by atoms with Crippen LogP contribution in [-0.4, -0.2) is 29.7 Å². The molecule has 1 aliphatic carbocycles. The Kier molecular flexibility index (Phi) is 5.49. The van der Waals surface area contributed by atoms with Gasteiger partial charge in [-0.2, -0.15) is 0 Å². The highest BCUT2D eigenvalue weighted by Gasteiger charge is 2.23. The fourth-order valence-corrected chi connectivity index (χ4v) is 2.08. The number of hydrogen-bond acceptors (Lipinski definition) is 3. The van der Waals surface area contributed by atoms with Crippen molar-refractivity contribution in [1.82, 2.24) is 5.32 Å². The second-order valence-electron chi connectivity index (χ2n) is 4.49. The molecule has 0 aliphatic heterocycles. The van der Waals surface area contributed by atoms with Crippen LogP contribution in [0.4, 0.5) is 0 Å². The van der Waals surface area contributed by atoms with Gasteiger partial charge in [0.25, 0.3) is 0 Å². The molecule has 3 atom stereocenters. The van der Waals surface area contributed by atoms with Crippen molar-refractivity contribution < 1.29 is 9.90 Å². The first-order valence-electron chi connectivity index (χ1n) is 5.97. The number of hydrogen-bond donors (Lipinski definition) is 3. The van der Waals surface area contributed by atoms with Gasteiger partial charge in [0.1, 0.15) is 0 Å². The number of aliphatic hydroxyl groups excluding tert-OH is 1. The third-order valence-electron chi connectivity index (χ3n) is 3.16. The van der Waals surface area contributed by atoms with Crippen LogP contribution in [0.5, 0.6) is 0 Å². The second kappa shape index (κ2) is 6.66. The molecule has 0 radical (unpaired) electrons. The zero-order valence-electron chi connectivity index (χ0n) is 9.69. The lowest BCUT2D eigenvalue weighted by Crippen LogP contribution is -2.44. The van der Waals surface area contributed by atoms with E-state index in [1.807, 2.05) is 0 Å². The molecule has 1 rings (SSSR count). The molecule has 0 heterocycles. The first-order valence-corrected chi connectivity index (χ1v) is 5.97. The summed E-state index contributed by atoms with van der Waals surface area (Å²) in [5.41, 5.74) is 5.63. The summed E-state index contributed by atoms with van der Waals surface area (Å²) >= 11 is 0. The molecule has 0 bridgehead atoms. The van der Waals surface area contributed by atoms with Gasteiger partial charge in [-0.05, 0) is 19.3 Å². The molecule has 92 valence electrons. The minimum atomic E-state index is -0.516. The van der Waals surface area contributed by atoms with E-state index in [1.165, 1.54) is 0 Å². The molecule has 0 aromatic rings. The molecular formula is C12H22N2O2. The molecule has 1 amide bonds. The van der Waals surface area contributed by atoms with Crippen LogP contribution in [0.1, 0.15) is 32.1 Å². The molecular weight excluding hydrogens is 204 g/mol. The summed E-state index contributed by atoms with van der Waals surface area (Å²) < 4.78 is 0. The van der Waals surface area contributed by atoms with Gasteiger partial charge in [-0.1, -0.05) is 18.9 Å². The smallest absolute Gasteiger partial charge is 0.237 e. The summed E-state index contributed by atoms with van der Waals surface area (Å²) in [4.78, 5) is 11.5. The van der Waals surface area contributed by atoms with Crippen LogP contribution in [0.25, 0.3) is 0 Å². The Balaban J connectivity index is 2.27. The lowest BCUT2D eigenvalue weighted by Gasteiger charge is -2.28. The van der Waals surface area contributed by atoms with Crippen LogP contribution in [0, 0.1) is 5.92 Å². The Bertz CT molecular complexity index is 243. The molecule has 0 spiro atoms. The molecule has 16 heavy (non-hydrogen) atoms. The van der Waals surface area contributed by atoms with Crippen molar-refractivity contribution in [3.63, 3.8) is 0 Å². The number of rotatable bonds is 5. The van der Waals surface area contributed by atoms with E-state index < -0.39 is 6.04 Å². The topological polar surface area (TPSA) is 75.4 Å². The average molecular weight is 226 g/mol. The second-order valence-corrected chi connectivity index (χ2v) is 4.49. The van der Waals surface area contributed by atoms with Gasteiger partial charge in [0.2, 0.25) is 5.91 Å². The van der Waals surface area contributed by atoms with Crippen LogP contribution in [0.2, 0.25) is 0 Å². The van der Waals surface area contributed by atoms with E-state index in [1.54, 1.807) is 6.08 Å². The van der Waals surface area contributed by atoms with Crippen molar-refractivity contribution in [2.45, 2.75) is 44.2 Å². The molecule has 1 aliphatic rings. The zero-order chi connectivity index (χ0) is 12.0. The molecule has 4 heteroatoms. The van der Waals surface area contributed by atoms with Gasteiger partial charge in [0.15, 0.2) is 0 Å². The first-order chi connectivity index (χ1) is 7.65. The molecule has 4 N–H and O–H groups in total. The van der Waals surface area contributed by atoms with Crippen LogP contribution in [0.15, 0.2) is 12.7 Å². The predicted molar refractivity (Wildman–Crippen MR) is 63.8 cm³/mol. The summed E-state index contributed by atoms with van der Waals surface area (Å²) in [6.45, 7) is 4.08. The molecule has 0 aromatic carbocycles. The lowest BCUT2D eigenvalue weighted by atomic mass is 9.86. The molecule has 0 saturated heterocycles. The highest BCUT2D eigenvalue weighted by Crippen LogP contribution is 2.23. The molecule has 1 saturated carbocycles. The largest absolute Gasteiger partial charge is 0.393 e. The van der Waals surface area contributed by atoms with Crippen LogP contribution in [0.3, 0.4) is 0 Å². The summed E-state index contributed by atoms with van der Waals surface area (Å²) in [5.74, 6) is 0.0336. The first kappa shape index (κ1) is 13.2. The van der Waals surface area contributed by atoms with Crippen molar-refractivity contribution >= 4 is 5.91 Å². The minimum absolute atomic E-state index is 0.155. The van der Waals surface area contributed by atoms with E-state index in [4.69, 9.17) is 5.73 Å². The molecule has 0 aromatic heterocycles. The third kappa shape index (κ3) is 3.94. The molecule has 3 unspecified atom stereocenters. The lowest BCUT2D eigenvalue weighted by molar-refractivity contribution is -0.122. The van der Waals surface area contributed by atoms with Gasteiger partial charge in [0.05, 0.1) is 12.1 Å². The number of carbonyl (C=O) groups excluding carboxylic acids is 1. The van der Waals surface area contributed by atoms with E-state index in [9.17, 15) is 9.90 Å². The monoisotopic (exact) mass is 226 g/mol. The highest BCUT2D eigenvalue weighted by atomic mass is 16.3. The fourth-order valence-electron chi connectivity index (χ4n) is 2.08. The van der Waals surface area contributed by atoms with Gasteiger partial charge in [-0.3, -0.25) is 4.79 Å². The highest BCUT2D eigenvalue weighted by molar-refractivity contribution is 5.81. The fraction of sp³-hybridized carbons (Fsp3) is 0.750. The summed E-state index contributed by atoms with van der Waals surface area (Å²) in [7, 11) is 0. The van der Waals surface area contributed by atoms with Crippen molar-refractivity contribution in [3.05, 3.63) is 12.7 Å². The van der Waals surface area contributed by atoms with E-state index >= 15 is 0 Å². The van der Waals surface area contributed by atoms with Crippen molar-refractivity contribution in [3.8, 4) is 0 Å². The Morgan fingerprint density at radius 3 is 2.88 bits per heavy atom. The van der Waals surface area contributed by atoms with Gasteiger partial charge in [-0.25, -0.2) is 0 Å². The van der Waals surface area contributed by atoms with Crippen LogP contribution in [-0.2, 0) is 4.79 Å². The Hall–Kier alpha value is -0.870. The standard InChI is InChI=1S/C12H22N2O2/c1-2-5-10(13)12(16)14-8-9-6-3-4-7-11(9)15/h2,9-11,15H,1,3-8,13H2,(H,14,16). The molecule has 4 nitrogen and oxygen atoms in total. The number of aliphatic hydroxyl groups is 1. The van der Waals surface area contributed by atoms with Crippen LogP contribution >= 0.6 is 0 Å². The summed E-state index contributed by atoms with van der Waals surface area (Å²) in [6, 6.07) is -0.516. The van der Waals surface area contributed by atoms with Crippen LogP contribution < -0.4 is 11.1 Å². The quantitative estimate of drug-likeness (QED) is 0.599. The maximum absolute atomic E-state index is 11.5. The summed E-state index contributed by atoms with van der Waals surface area (Å²) in [5, 5.41) is 12.5. The number of amides is 1. The molecule has 1 fully saturated rings. The Labute approximate surface area is 96.9 Å². The number of nitrogens with one attached hydrogen (secondary N) is 1. The van der Waals surface area contributed by atoms with E-state index in [2.05, 4.69) is 11.9 Å². The van der Waals surface area contributed by atoms with E-state index in [0.717, 1.165) is 25.7 Å². The van der Waals surface area contributed by atoms with Crippen molar-refractivity contribution in [1.29, 1.82) is 0 Å².